The zero-order chi connectivity index (χ0) is 12.5. The first-order valence-electron chi connectivity index (χ1n) is 6.03. The molecule has 1 aromatic heterocycles. The van der Waals surface area contributed by atoms with Gasteiger partial charge in [0.05, 0.1) is 12.3 Å². The highest BCUT2D eigenvalue weighted by Crippen LogP contribution is 2.08. The van der Waals surface area contributed by atoms with Gasteiger partial charge in [-0.25, -0.2) is 4.98 Å². The molecule has 0 unspecified atom stereocenters. The number of unbranched alkanes of at least 4 members (excludes halogenated alkanes) is 1. The maximum atomic E-state index is 5.07. The minimum absolute atomic E-state index is 0.703. The first kappa shape index (κ1) is 14.0. The molecule has 5 nitrogen and oxygen atoms in total. The summed E-state index contributed by atoms with van der Waals surface area (Å²) in [5.74, 6) is 0.928. The van der Waals surface area contributed by atoms with E-state index in [1.54, 1.807) is 14.2 Å². The lowest BCUT2D eigenvalue weighted by Crippen LogP contribution is -2.11. The van der Waals surface area contributed by atoms with E-state index in [1.165, 1.54) is 0 Å². The van der Waals surface area contributed by atoms with E-state index < -0.39 is 0 Å². The summed E-state index contributed by atoms with van der Waals surface area (Å²) in [7, 11) is 3.44. The third-order valence-electron chi connectivity index (χ3n) is 2.49. The molecule has 0 aliphatic carbocycles. The summed E-state index contributed by atoms with van der Waals surface area (Å²) in [5, 5.41) is 3.34. The third kappa shape index (κ3) is 5.19. The van der Waals surface area contributed by atoms with E-state index in [1.807, 2.05) is 13.1 Å². The SMILES string of the molecule is COCCCCNc1nc(C)cn1CCOC. The monoisotopic (exact) mass is 241 g/mol. The van der Waals surface area contributed by atoms with E-state index in [2.05, 4.69) is 14.9 Å². The lowest BCUT2D eigenvalue weighted by molar-refractivity contribution is 0.187. The molecule has 0 saturated heterocycles. The highest BCUT2D eigenvalue weighted by molar-refractivity contribution is 5.28. The van der Waals surface area contributed by atoms with Crippen molar-refractivity contribution in [3.05, 3.63) is 11.9 Å². The molecule has 98 valence electrons. The Morgan fingerprint density at radius 2 is 2.00 bits per heavy atom. The number of methoxy groups -OCH3 is 2. The molecule has 0 aliphatic rings. The van der Waals surface area contributed by atoms with Gasteiger partial charge in [-0.1, -0.05) is 0 Å². The maximum absolute atomic E-state index is 5.07. The summed E-state index contributed by atoms with van der Waals surface area (Å²) < 4.78 is 12.2. The predicted molar refractivity (Wildman–Crippen MR) is 68.4 cm³/mol. The highest BCUT2D eigenvalue weighted by atomic mass is 16.5. The lowest BCUT2D eigenvalue weighted by atomic mass is 10.3. The predicted octanol–water partition coefficient (Wildman–Crippen LogP) is 1.68. The van der Waals surface area contributed by atoms with Gasteiger partial charge < -0.3 is 19.4 Å². The first-order valence-corrected chi connectivity index (χ1v) is 6.03. The molecule has 5 heteroatoms. The van der Waals surface area contributed by atoms with Gasteiger partial charge in [0.25, 0.3) is 0 Å². The average molecular weight is 241 g/mol. The van der Waals surface area contributed by atoms with Crippen LogP contribution in [0.4, 0.5) is 5.95 Å². The van der Waals surface area contributed by atoms with Gasteiger partial charge >= 0.3 is 0 Å². The summed E-state index contributed by atoms with van der Waals surface area (Å²) in [6, 6.07) is 0. The average Bonchev–Trinajstić information content (AvgIpc) is 2.67. The number of aryl methyl sites for hydroxylation is 1. The molecule has 1 rings (SSSR count). The van der Waals surface area contributed by atoms with Crippen molar-refractivity contribution in [3.8, 4) is 0 Å². The Morgan fingerprint density at radius 3 is 2.71 bits per heavy atom. The van der Waals surface area contributed by atoms with Crippen LogP contribution in [0.3, 0.4) is 0 Å². The fourth-order valence-corrected chi connectivity index (χ4v) is 1.62. The zero-order valence-electron chi connectivity index (χ0n) is 11.0. The first-order chi connectivity index (χ1) is 8.27. The summed E-state index contributed by atoms with van der Waals surface area (Å²) in [5.41, 5.74) is 1.03. The molecule has 0 radical (unpaired) electrons. The molecule has 0 fully saturated rings. The van der Waals surface area contributed by atoms with Crippen molar-refractivity contribution < 1.29 is 9.47 Å². The van der Waals surface area contributed by atoms with Crippen molar-refractivity contribution in [2.75, 3.05) is 39.3 Å². The Labute approximate surface area is 103 Å². The second kappa shape index (κ2) is 8.08. The molecular weight excluding hydrogens is 218 g/mol. The second-order valence-corrected chi connectivity index (χ2v) is 4.02. The van der Waals surface area contributed by atoms with Crippen molar-refractivity contribution in [1.29, 1.82) is 0 Å². The minimum Gasteiger partial charge on any atom is -0.385 e. The largest absolute Gasteiger partial charge is 0.385 e. The van der Waals surface area contributed by atoms with Crippen LogP contribution >= 0.6 is 0 Å². The number of hydrogen-bond acceptors (Lipinski definition) is 4. The minimum atomic E-state index is 0.703. The van der Waals surface area contributed by atoms with Crippen molar-refractivity contribution in [3.63, 3.8) is 0 Å². The summed E-state index contributed by atoms with van der Waals surface area (Å²) in [6.07, 6.45) is 4.20. The molecule has 1 heterocycles. The van der Waals surface area contributed by atoms with Gasteiger partial charge in [0, 0.05) is 40.1 Å². The van der Waals surface area contributed by atoms with Crippen LogP contribution in [0.15, 0.2) is 6.20 Å². The Kier molecular flexibility index (Phi) is 6.65. The van der Waals surface area contributed by atoms with Crippen LogP contribution in [0.25, 0.3) is 0 Å². The standard InChI is InChI=1S/C12H23N3O2/c1-11-10-15(7-9-17-3)12(14-11)13-6-4-5-8-16-2/h10H,4-9H2,1-3H3,(H,13,14). The van der Waals surface area contributed by atoms with Gasteiger partial charge in [0.2, 0.25) is 5.95 Å². The van der Waals surface area contributed by atoms with Crippen molar-refractivity contribution >= 4 is 5.95 Å². The topological polar surface area (TPSA) is 48.3 Å². The van der Waals surface area contributed by atoms with Gasteiger partial charge in [-0.3, -0.25) is 0 Å². The number of nitrogens with zero attached hydrogens (tertiary/aromatic N) is 2. The molecule has 0 spiro atoms. The van der Waals surface area contributed by atoms with Crippen LogP contribution in [-0.2, 0) is 16.0 Å². The number of imidazole rings is 1. The summed E-state index contributed by atoms with van der Waals surface area (Å²) >= 11 is 0. The Balaban J connectivity index is 2.35. The molecule has 0 bridgehead atoms. The van der Waals surface area contributed by atoms with Crippen LogP contribution in [-0.4, -0.2) is 43.5 Å². The van der Waals surface area contributed by atoms with Crippen LogP contribution in [0, 0.1) is 6.92 Å². The van der Waals surface area contributed by atoms with E-state index in [0.717, 1.165) is 44.2 Å². The van der Waals surface area contributed by atoms with E-state index in [-0.39, 0.29) is 0 Å². The zero-order valence-corrected chi connectivity index (χ0v) is 11.0. The smallest absolute Gasteiger partial charge is 0.203 e. The Hall–Kier alpha value is -1.07. The molecular formula is C12H23N3O2. The second-order valence-electron chi connectivity index (χ2n) is 4.02. The normalized spacial score (nSPS) is 10.8. The van der Waals surface area contributed by atoms with Gasteiger partial charge in [0.15, 0.2) is 0 Å². The van der Waals surface area contributed by atoms with Gasteiger partial charge in [0.1, 0.15) is 0 Å². The van der Waals surface area contributed by atoms with Crippen LogP contribution in [0.5, 0.6) is 0 Å². The Bertz CT molecular complexity index is 313. The van der Waals surface area contributed by atoms with E-state index in [4.69, 9.17) is 9.47 Å². The molecule has 17 heavy (non-hydrogen) atoms. The fourth-order valence-electron chi connectivity index (χ4n) is 1.62. The highest BCUT2D eigenvalue weighted by Gasteiger charge is 2.04. The number of aromatic nitrogens is 2. The maximum Gasteiger partial charge on any atom is 0.203 e. The number of rotatable bonds is 9. The third-order valence-corrected chi connectivity index (χ3v) is 2.49. The summed E-state index contributed by atoms with van der Waals surface area (Å²) in [4.78, 5) is 4.45. The van der Waals surface area contributed by atoms with Crippen LogP contribution in [0.1, 0.15) is 18.5 Å². The van der Waals surface area contributed by atoms with E-state index >= 15 is 0 Å². The van der Waals surface area contributed by atoms with Gasteiger partial charge in [-0.05, 0) is 19.8 Å². The van der Waals surface area contributed by atoms with Crippen LogP contribution < -0.4 is 5.32 Å². The molecule has 0 saturated carbocycles. The fraction of sp³-hybridized carbons (Fsp3) is 0.750. The Morgan fingerprint density at radius 1 is 1.24 bits per heavy atom. The van der Waals surface area contributed by atoms with Gasteiger partial charge in [-0.15, -0.1) is 0 Å². The molecule has 1 N–H and O–H groups in total. The van der Waals surface area contributed by atoms with Crippen molar-refractivity contribution in [1.82, 2.24) is 9.55 Å². The van der Waals surface area contributed by atoms with Crippen LogP contribution in [0.2, 0.25) is 0 Å². The molecule has 1 aromatic rings. The number of nitrogens with one attached hydrogen (secondary N) is 1. The lowest BCUT2D eigenvalue weighted by Gasteiger charge is -2.08. The molecule has 0 aromatic carbocycles. The number of hydrogen-bond donors (Lipinski definition) is 1. The van der Waals surface area contributed by atoms with E-state index in [0.29, 0.717) is 6.61 Å². The van der Waals surface area contributed by atoms with E-state index in [9.17, 15) is 0 Å². The number of anilines is 1. The molecule has 0 amide bonds. The number of ether oxygens (including phenoxy) is 2. The quantitative estimate of drug-likeness (QED) is 0.668. The molecule has 0 atom stereocenters. The van der Waals surface area contributed by atoms with Crippen molar-refractivity contribution in [2.45, 2.75) is 26.3 Å². The summed E-state index contributed by atoms with van der Waals surface area (Å²) in [6.45, 7) is 5.27. The van der Waals surface area contributed by atoms with Crippen molar-refractivity contribution in [2.24, 2.45) is 0 Å². The molecule has 0 aliphatic heterocycles. The van der Waals surface area contributed by atoms with Gasteiger partial charge in [-0.2, -0.15) is 0 Å².